The number of hydrogen-bond donors (Lipinski definition) is 2. The summed E-state index contributed by atoms with van der Waals surface area (Å²) in [6.45, 7) is 0.593. The molecule has 25 heavy (non-hydrogen) atoms. The summed E-state index contributed by atoms with van der Waals surface area (Å²) in [5.74, 6) is -0.126. The Balaban J connectivity index is 1.67. The quantitative estimate of drug-likeness (QED) is 0.829. The molecule has 0 saturated heterocycles. The molecule has 1 aromatic carbocycles. The SMILES string of the molecule is COC(=O)N1CCCc2cc(NC(=O)N[C@@H]3C=CS(=O)(=O)C3)ccc21. The molecule has 1 atom stereocenters. The molecule has 3 amide bonds. The van der Waals surface area contributed by atoms with Crippen molar-refractivity contribution < 1.29 is 22.7 Å². The zero-order chi connectivity index (χ0) is 18.0. The van der Waals surface area contributed by atoms with E-state index in [1.165, 1.54) is 13.2 Å². The van der Waals surface area contributed by atoms with Gasteiger partial charge in [0.1, 0.15) is 0 Å². The van der Waals surface area contributed by atoms with Crippen molar-refractivity contribution in [3.63, 3.8) is 0 Å². The molecule has 0 saturated carbocycles. The van der Waals surface area contributed by atoms with E-state index in [2.05, 4.69) is 10.6 Å². The number of carbonyl (C=O) groups excluding carboxylic acids is 2. The van der Waals surface area contributed by atoms with Gasteiger partial charge in [-0.1, -0.05) is 0 Å². The first-order chi connectivity index (χ1) is 11.9. The van der Waals surface area contributed by atoms with Crippen molar-refractivity contribution in [2.24, 2.45) is 0 Å². The van der Waals surface area contributed by atoms with Crippen molar-refractivity contribution >= 4 is 33.3 Å². The average molecular weight is 365 g/mol. The smallest absolute Gasteiger partial charge is 0.414 e. The number of rotatable bonds is 2. The van der Waals surface area contributed by atoms with Gasteiger partial charge in [0.2, 0.25) is 0 Å². The van der Waals surface area contributed by atoms with Gasteiger partial charge in [-0.2, -0.15) is 0 Å². The molecule has 3 rings (SSSR count). The number of nitrogens with one attached hydrogen (secondary N) is 2. The van der Waals surface area contributed by atoms with E-state index in [-0.39, 0.29) is 5.75 Å². The largest absolute Gasteiger partial charge is 0.452 e. The predicted octanol–water partition coefficient (Wildman–Crippen LogP) is 1.64. The van der Waals surface area contributed by atoms with Crippen LogP contribution in [-0.4, -0.2) is 46.0 Å². The fraction of sp³-hybridized carbons (Fsp3) is 0.375. The van der Waals surface area contributed by atoms with Crippen LogP contribution in [0.5, 0.6) is 0 Å². The van der Waals surface area contributed by atoms with Crippen molar-refractivity contribution in [1.82, 2.24) is 5.32 Å². The van der Waals surface area contributed by atoms with Gasteiger partial charge in [-0.3, -0.25) is 4.90 Å². The number of amides is 3. The number of ether oxygens (including phenoxy) is 1. The number of sulfone groups is 1. The Kier molecular flexibility index (Phi) is 4.67. The second kappa shape index (κ2) is 6.75. The molecule has 2 heterocycles. The Hall–Kier alpha value is -2.55. The highest BCUT2D eigenvalue weighted by molar-refractivity contribution is 7.94. The average Bonchev–Trinajstić information content (AvgIpc) is 2.91. The van der Waals surface area contributed by atoms with Crippen LogP contribution in [0.2, 0.25) is 0 Å². The summed E-state index contributed by atoms with van der Waals surface area (Å²) >= 11 is 0. The number of urea groups is 1. The first-order valence-corrected chi connectivity index (χ1v) is 9.56. The Morgan fingerprint density at radius 1 is 1.32 bits per heavy atom. The van der Waals surface area contributed by atoms with Crippen LogP contribution in [0.15, 0.2) is 29.7 Å². The van der Waals surface area contributed by atoms with Crippen LogP contribution in [0.1, 0.15) is 12.0 Å². The summed E-state index contributed by atoms with van der Waals surface area (Å²) in [7, 11) is -1.87. The van der Waals surface area contributed by atoms with E-state index in [1.807, 2.05) is 6.07 Å². The lowest BCUT2D eigenvalue weighted by Gasteiger charge is -2.28. The third kappa shape index (κ3) is 3.93. The minimum absolute atomic E-state index is 0.126. The summed E-state index contributed by atoms with van der Waals surface area (Å²) in [4.78, 5) is 25.4. The van der Waals surface area contributed by atoms with E-state index in [4.69, 9.17) is 4.74 Å². The van der Waals surface area contributed by atoms with Gasteiger partial charge in [0.15, 0.2) is 9.84 Å². The fourth-order valence-electron chi connectivity index (χ4n) is 2.98. The molecule has 1 aromatic rings. The summed E-state index contributed by atoms with van der Waals surface area (Å²) < 4.78 is 27.5. The monoisotopic (exact) mass is 365 g/mol. The highest BCUT2D eigenvalue weighted by Crippen LogP contribution is 2.30. The van der Waals surface area contributed by atoms with E-state index in [0.29, 0.717) is 12.2 Å². The summed E-state index contributed by atoms with van der Waals surface area (Å²) in [6.07, 6.45) is 2.65. The molecule has 9 heteroatoms. The second-order valence-corrected chi connectivity index (χ2v) is 7.86. The molecule has 0 fully saturated rings. The first-order valence-electron chi connectivity index (χ1n) is 7.85. The van der Waals surface area contributed by atoms with Gasteiger partial charge in [0.25, 0.3) is 0 Å². The Bertz CT molecular complexity index is 834. The minimum atomic E-state index is -3.22. The van der Waals surface area contributed by atoms with Gasteiger partial charge in [-0.05, 0) is 42.7 Å². The molecule has 8 nitrogen and oxygen atoms in total. The summed E-state index contributed by atoms with van der Waals surface area (Å²) in [6, 6.07) is 4.26. The van der Waals surface area contributed by atoms with Crippen LogP contribution < -0.4 is 15.5 Å². The molecule has 2 N–H and O–H groups in total. The Morgan fingerprint density at radius 3 is 2.80 bits per heavy atom. The molecule has 2 aliphatic rings. The number of fused-ring (bicyclic) bond motifs is 1. The van der Waals surface area contributed by atoms with Crippen LogP contribution in [0.4, 0.5) is 21.0 Å². The molecule has 0 bridgehead atoms. The zero-order valence-electron chi connectivity index (χ0n) is 13.7. The van der Waals surface area contributed by atoms with Gasteiger partial charge < -0.3 is 15.4 Å². The molecule has 0 spiro atoms. The van der Waals surface area contributed by atoms with E-state index in [9.17, 15) is 18.0 Å². The van der Waals surface area contributed by atoms with Gasteiger partial charge >= 0.3 is 12.1 Å². The van der Waals surface area contributed by atoms with Crippen molar-refractivity contribution in [3.05, 3.63) is 35.2 Å². The third-order valence-corrected chi connectivity index (χ3v) is 5.49. The molecule has 134 valence electrons. The van der Waals surface area contributed by atoms with E-state index in [0.717, 1.165) is 29.5 Å². The van der Waals surface area contributed by atoms with Gasteiger partial charge in [-0.25, -0.2) is 18.0 Å². The van der Waals surface area contributed by atoms with E-state index < -0.39 is 28.0 Å². The lowest BCUT2D eigenvalue weighted by molar-refractivity contribution is 0.178. The summed E-state index contributed by atoms with van der Waals surface area (Å²) in [5, 5.41) is 6.40. The van der Waals surface area contributed by atoms with Crippen molar-refractivity contribution in [3.8, 4) is 0 Å². The minimum Gasteiger partial charge on any atom is -0.452 e. The number of nitrogens with zero attached hydrogens (tertiary/aromatic N) is 1. The van der Waals surface area contributed by atoms with E-state index >= 15 is 0 Å². The second-order valence-electron chi connectivity index (χ2n) is 5.93. The molecule has 0 radical (unpaired) electrons. The molecular weight excluding hydrogens is 346 g/mol. The van der Waals surface area contributed by atoms with Crippen molar-refractivity contribution in [1.29, 1.82) is 0 Å². The van der Waals surface area contributed by atoms with Crippen molar-refractivity contribution in [2.75, 3.05) is 29.6 Å². The lowest BCUT2D eigenvalue weighted by atomic mass is 10.0. The third-order valence-electron chi connectivity index (χ3n) is 4.10. The van der Waals surface area contributed by atoms with Crippen LogP contribution >= 0.6 is 0 Å². The standard InChI is InChI=1S/C16H19N3O5S/c1-24-16(21)19-7-2-3-11-9-12(4-5-14(11)19)17-15(20)18-13-6-8-25(22,23)10-13/h4-6,8-9,13H,2-3,7,10H2,1H3,(H2,17,18,20)/t13-/m1/s1. The van der Waals surface area contributed by atoms with Crippen LogP contribution in [-0.2, 0) is 21.0 Å². The van der Waals surface area contributed by atoms with E-state index in [1.54, 1.807) is 17.0 Å². The highest BCUT2D eigenvalue weighted by atomic mass is 32.2. The molecule has 0 aromatic heterocycles. The first kappa shape index (κ1) is 17.3. The molecular formula is C16H19N3O5S. The summed E-state index contributed by atoms with van der Waals surface area (Å²) in [5.41, 5.74) is 2.29. The maximum Gasteiger partial charge on any atom is 0.414 e. The number of benzene rings is 1. The molecule has 0 aliphatic carbocycles. The predicted molar refractivity (Wildman–Crippen MR) is 93.4 cm³/mol. The molecule has 2 aliphatic heterocycles. The van der Waals surface area contributed by atoms with Gasteiger partial charge in [-0.15, -0.1) is 0 Å². The molecule has 0 unspecified atom stereocenters. The lowest BCUT2D eigenvalue weighted by Crippen LogP contribution is -2.38. The fourth-order valence-corrected chi connectivity index (χ4v) is 4.21. The Morgan fingerprint density at radius 2 is 2.12 bits per heavy atom. The number of hydrogen-bond acceptors (Lipinski definition) is 5. The maximum atomic E-state index is 12.0. The van der Waals surface area contributed by atoms with Crippen LogP contribution in [0.25, 0.3) is 0 Å². The number of aryl methyl sites for hydroxylation is 1. The number of methoxy groups -OCH3 is 1. The van der Waals surface area contributed by atoms with Crippen molar-refractivity contribution in [2.45, 2.75) is 18.9 Å². The van der Waals surface area contributed by atoms with Gasteiger partial charge in [0, 0.05) is 17.6 Å². The number of carbonyl (C=O) groups is 2. The van der Waals surface area contributed by atoms with Gasteiger partial charge in [0.05, 0.1) is 24.6 Å². The van der Waals surface area contributed by atoms with Crippen LogP contribution in [0.3, 0.4) is 0 Å². The highest BCUT2D eigenvalue weighted by Gasteiger charge is 2.25. The van der Waals surface area contributed by atoms with Crippen LogP contribution in [0, 0.1) is 0 Å². The topological polar surface area (TPSA) is 105 Å². The normalized spacial score (nSPS) is 20.7. The number of anilines is 2. The zero-order valence-corrected chi connectivity index (χ0v) is 14.5. The Labute approximate surface area is 145 Å². The maximum absolute atomic E-state index is 12.0.